The molecule has 1 fully saturated rings. The van der Waals surface area contributed by atoms with Crippen molar-refractivity contribution in [2.75, 3.05) is 63.5 Å². The Bertz CT molecular complexity index is 492. The van der Waals surface area contributed by atoms with Gasteiger partial charge < -0.3 is 24.4 Å². The van der Waals surface area contributed by atoms with E-state index < -0.39 is 0 Å². The molecule has 1 amide bonds. The molecular weight excluding hydrogens is 308 g/mol. The third kappa shape index (κ3) is 5.14. The third-order valence-electron chi connectivity index (χ3n) is 3.25. The fourth-order valence-corrected chi connectivity index (χ4v) is 2.35. The number of carbonyl (C=O) groups is 1. The highest BCUT2D eigenvalue weighted by atomic mass is 35.5. The van der Waals surface area contributed by atoms with Gasteiger partial charge in [0, 0.05) is 25.2 Å². The molecular formula is C15H21ClN2O4. The van der Waals surface area contributed by atoms with Crippen molar-refractivity contribution in [3.63, 3.8) is 0 Å². The number of amides is 1. The summed E-state index contributed by atoms with van der Waals surface area (Å²) in [7, 11) is 1.59. The molecule has 1 heterocycles. The maximum atomic E-state index is 12.0. The van der Waals surface area contributed by atoms with Gasteiger partial charge in [0.15, 0.2) is 0 Å². The monoisotopic (exact) mass is 328 g/mol. The van der Waals surface area contributed by atoms with Crippen LogP contribution in [0.15, 0.2) is 18.2 Å². The van der Waals surface area contributed by atoms with Gasteiger partial charge in [-0.05, 0) is 18.2 Å². The first-order chi connectivity index (χ1) is 10.7. The average molecular weight is 329 g/mol. The van der Waals surface area contributed by atoms with Crippen LogP contribution in [0.4, 0.5) is 11.4 Å². The Hall–Kier alpha value is -1.34. The van der Waals surface area contributed by atoms with E-state index in [1.165, 1.54) is 0 Å². The van der Waals surface area contributed by atoms with Gasteiger partial charge in [-0.1, -0.05) is 11.6 Å². The van der Waals surface area contributed by atoms with E-state index >= 15 is 0 Å². The Morgan fingerprint density at radius 1 is 1.36 bits per heavy atom. The van der Waals surface area contributed by atoms with Crippen molar-refractivity contribution in [3.8, 4) is 0 Å². The predicted molar refractivity (Wildman–Crippen MR) is 85.8 cm³/mol. The zero-order valence-electron chi connectivity index (χ0n) is 12.6. The summed E-state index contributed by atoms with van der Waals surface area (Å²) >= 11 is 6.04. The van der Waals surface area contributed by atoms with Gasteiger partial charge in [-0.25, -0.2) is 0 Å². The summed E-state index contributed by atoms with van der Waals surface area (Å²) in [6.45, 7) is 3.76. The van der Waals surface area contributed by atoms with E-state index in [1.807, 2.05) is 12.1 Å². The molecule has 122 valence electrons. The second kappa shape index (κ2) is 8.95. The van der Waals surface area contributed by atoms with Crippen LogP contribution < -0.4 is 10.2 Å². The number of benzene rings is 1. The molecule has 1 aliphatic rings. The molecule has 1 N–H and O–H groups in total. The van der Waals surface area contributed by atoms with Gasteiger partial charge in [-0.2, -0.15) is 0 Å². The molecule has 0 saturated carbocycles. The molecule has 6 nitrogen and oxygen atoms in total. The number of methoxy groups -OCH3 is 1. The van der Waals surface area contributed by atoms with Gasteiger partial charge in [0.2, 0.25) is 5.91 Å². The first-order valence-electron chi connectivity index (χ1n) is 7.19. The SMILES string of the molecule is COCCOCC(=O)Nc1cc(Cl)ccc1N1CCOCC1. The third-order valence-corrected chi connectivity index (χ3v) is 3.48. The highest BCUT2D eigenvalue weighted by molar-refractivity contribution is 6.31. The lowest BCUT2D eigenvalue weighted by Crippen LogP contribution is -2.36. The smallest absolute Gasteiger partial charge is 0.250 e. The summed E-state index contributed by atoms with van der Waals surface area (Å²) in [5.41, 5.74) is 1.63. The number of rotatable bonds is 7. The molecule has 0 bridgehead atoms. The molecule has 1 aromatic rings. The second-order valence-electron chi connectivity index (χ2n) is 4.85. The summed E-state index contributed by atoms with van der Waals surface area (Å²) in [4.78, 5) is 14.1. The van der Waals surface area contributed by atoms with Crippen molar-refractivity contribution < 1.29 is 19.0 Å². The van der Waals surface area contributed by atoms with Gasteiger partial charge in [-0.15, -0.1) is 0 Å². The molecule has 0 spiro atoms. The van der Waals surface area contributed by atoms with Crippen LogP contribution in [-0.2, 0) is 19.0 Å². The van der Waals surface area contributed by atoms with Gasteiger partial charge >= 0.3 is 0 Å². The first-order valence-corrected chi connectivity index (χ1v) is 7.57. The Balaban J connectivity index is 1.99. The minimum absolute atomic E-state index is 0.0155. The number of carbonyl (C=O) groups excluding carboxylic acids is 1. The van der Waals surface area contributed by atoms with Crippen LogP contribution in [0.2, 0.25) is 5.02 Å². The number of anilines is 2. The number of halogens is 1. The summed E-state index contributed by atoms with van der Waals surface area (Å²) in [6.07, 6.45) is 0. The van der Waals surface area contributed by atoms with E-state index in [-0.39, 0.29) is 12.5 Å². The molecule has 2 rings (SSSR count). The highest BCUT2D eigenvalue weighted by Gasteiger charge is 2.16. The largest absolute Gasteiger partial charge is 0.382 e. The van der Waals surface area contributed by atoms with Crippen LogP contribution in [0.25, 0.3) is 0 Å². The van der Waals surface area contributed by atoms with E-state index in [2.05, 4.69) is 10.2 Å². The Labute approximate surface area is 135 Å². The van der Waals surface area contributed by atoms with Crippen LogP contribution in [0.1, 0.15) is 0 Å². The molecule has 1 aromatic carbocycles. The lowest BCUT2D eigenvalue weighted by atomic mass is 10.2. The van der Waals surface area contributed by atoms with Gasteiger partial charge in [0.1, 0.15) is 6.61 Å². The molecule has 0 atom stereocenters. The molecule has 7 heteroatoms. The maximum absolute atomic E-state index is 12.0. The van der Waals surface area contributed by atoms with Crippen molar-refractivity contribution in [2.45, 2.75) is 0 Å². The van der Waals surface area contributed by atoms with E-state index in [0.29, 0.717) is 37.1 Å². The Morgan fingerprint density at radius 2 is 2.14 bits per heavy atom. The normalized spacial score (nSPS) is 14.9. The number of morpholine rings is 1. The van der Waals surface area contributed by atoms with Crippen LogP contribution in [0.3, 0.4) is 0 Å². The van der Waals surface area contributed by atoms with Crippen molar-refractivity contribution in [1.82, 2.24) is 0 Å². The number of hydrogen-bond donors (Lipinski definition) is 1. The van der Waals surface area contributed by atoms with Crippen LogP contribution in [-0.4, -0.2) is 59.1 Å². The molecule has 0 aliphatic carbocycles. The lowest BCUT2D eigenvalue weighted by molar-refractivity contribution is -0.121. The minimum atomic E-state index is -0.215. The fraction of sp³-hybridized carbons (Fsp3) is 0.533. The topological polar surface area (TPSA) is 60.0 Å². The van der Waals surface area contributed by atoms with E-state index in [0.717, 1.165) is 18.8 Å². The summed E-state index contributed by atoms with van der Waals surface area (Å²) in [5.74, 6) is -0.215. The summed E-state index contributed by atoms with van der Waals surface area (Å²) in [5, 5.41) is 3.43. The molecule has 0 unspecified atom stereocenters. The van der Waals surface area contributed by atoms with Gasteiger partial charge in [-0.3, -0.25) is 4.79 Å². The first kappa shape index (κ1) is 17.0. The number of nitrogens with one attached hydrogen (secondary N) is 1. The van der Waals surface area contributed by atoms with Crippen molar-refractivity contribution in [3.05, 3.63) is 23.2 Å². The fourth-order valence-electron chi connectivity index (χ4n) is 2.18. The van der Waals surface area contributed by atoms with Gasteiger partial charge in [0.25, 0.3) is 0 Å². The quantitative estimate of drug-likeness (QED) is 0.773. The Kier molecular flexibility index (Phi) is 6.92. The lowest BCUT2D eigenvalue weighted by Gasteiger charge is -2.30. The number of hydrogen-bond acceptors (Lipinski definition) is 5. The zero-order valence-corrected chi connectivity index (χ0v) is 13.4. The predicted octanol–water partition coefficient (Wildman–Crippen LogP) is 1.78. The number of nitrogens with zero attached hydrogens (tertiary/aromatic N) is 1. The molecule has 1 saturated heterocycles. The molecule has 0 radical (unpaired) electrons. The standard InChI is InChI=1S/C15H21ClN2O4/c1-20-8-9-22-11-15(19)17-13-10-12(16)2-3-14(13)18-4-6-21-7-5-18/h2-3,10H,4-9,11H2,1H3,(H,17,19). The van der Waals surface area contributed by atoms with Gasteiger partial charge in [0.05, 0.1) is 37.8 Å². The molecule has 1 aliphatic heterocycles. The second-order valence-corrected chi connectivity index (χ2v) is 5.29. The highest BCUT2D eigenvalue weighted by Crippen LogP contribution is 2.29. The van der Waals surface area contributed by atoms with Crippen molar-refractivity contribution in [2.24, 2.45) is 0 Å². The van der Waals surface area contributed by atoms with E-state index in [9.17, 15) is 4.79 Å². The maximum Gasteiger partial charge on any atom is 0.250 e. The summed E-state index contributed by atoms with van der Waals surface area (Å²) < 4.78 is 15.4. The van der Waals surface area contributed by atoms with Crippen molar-refractivity contribution in [1.29, 1.82) is 0 Å². The zero-order chi connectivity index (χ0) is 15.8. The number of ether oxygens (including phenoxy) is 3. The van der Waals surface area contributed by atoms with Crippen LogP contribution in [0, 0.1) is 0 Å². The Morgan fingerprint density at radius 3 is 2.86 bits per heavy atom. The van der Waals surface area contributed by atoms with E-state index in [1.54, 1.807) is 13.2 Å². The summed E-state index contributed by atoms with van der Waals surface area (Å²) in [6, 6.07) is 5.48. The van der Waals surface area contributed by atoms with Crippen LogP contribution in [0.5, 0.6) is 0 Å². The van der Waals surface area contributed by atoms with Crippen LogP contribution >= 0.6 is 11.6 Å². The van der Waals surface area contributed by atoms with E-state index in [4.69, 9.17) is 25.8 Å². The average Bonchev–Trinajstić information content (AvgIpc) is 2.53. The minimum Gasteiger partial charge on any atom is -0.382 e. The molecule has 22 heavy (non-hydrogen) atoms. The van der Waals surface area contributed by atoms with Crippen molar-refractivity contribution >= 4 is 28.9 Å². The molecule has 0 aromatic heterocycles.